The molecule has 1 aliphatic carbocycles. The summed E-state index contributed by atoms with van der Waals surface area (Å²) in [4.78, 5) is -0.381. The van der Waals surface area contributed by atoms with Gasteiger partial charge in [0.15, 0.2) is 0 Å². The normalized spacial score (nSPS) is 14.0. The molecule has 0 unspecified atom stereocenters. The Labute approximate surface area is 133 Å². The molecular formula is C17H16F2O3S. The molecule has 122 valence electrons. The van der Waals surface area contributed by atoms with E-state index in [4.69, 9.17) is 4.74 Å². The first-order valence-corrected chi connectivity index (χ1v) is 8.87. The van der Waals surface area contributed by atoms with Crippen molar-refractivity contribution in [1.29, 1.82) is 0 Å². The summed E-state index contributed by atoms with van der Waals surface area (Å²) in [5, 5.41) is 0. The van der Waals surface area contributed by atoms with Gasteiger partial charge in [-0.05, 0) is 60.2 Å². The van der Waals surface area contributed by atoms with Gasteiger partial charge in [-0.15, -0.1) is 0 Å². The maximum Gasteiger partial charge on any atom is 0.341 e. The summed E-state index contributed by atoms with van der Waals surface area (Å²) in [5.41, 5.74) is 3.39. The Bertz CT molecular complexity index is 799. The van der Waals surface area contributed by atoms with Crippen LogP contribution in [0.4, 0.5) is 8.78 Å². The van der Waals surface area contributed by atoms with Gasteiger partial charge in [0.05, 0.1) is 4.90 Å². The average molecular weight is 338 g/mol. The number of halogens is 2. The smallest absolute Gasteiger partial charge is 0.341 e. The lowest BCUT2D eigenvalue weighted by Crippen LogP contribution is -2.11. The fourth-order valence-corrected chi connectivity index (χ4v) is 3.40. The van der Waals surface area contributed by atoms with Crippen LogP contribution in [0.2, 0.25) is 0 Å². The molecule has 0 bridgehead atoms. The summed E-state index contributed by atoms with van der Waals surface area (Å²) in [7, 11) is -4.54. The molecule has 0 heterocycles. The largest absolute Gasteiger partial charge is 0.489 e. The first kappa shape index (κ1) is 15.9. The Balaban J connectivity index is 1.67. The lowest BCUT2D eigenvalue weighted by atomic mass is 10.1. The van der Waals surface area contributed by atoms with Crippen molar-refractivity contribution in [2.75, 3.05) is 0 Å². The predicted molar refractivity (Wildman–Crippen MR) is 82.4 cm³/mol. The molecule has 1 aliphatic rings. The van der Waals surface area contributed by atoms with Crippen LogP contribution in [-0.2, 0) is 29.3 Å². The van der Waals surface area contributed by atoms with Crippen LogP contribution in [0.1, 0.15) is 23.1 Å². The molecule has 0 spiro atoms. The monoisotopic (exact) mass is 338 g/mol. The number of ether oxygens (including phenoxy) is 1. The van der Waals surface area contributed by atoms with Gasteiger partial charge in [-0.1, -0.05) is 18.2 Å². The van der Waals surface area contributed by atoms with Crippen molar-refractivity contribution in [1.82, 2.24) is 0 Å². The second-order valence-electron chi connectivity index (χ2n) is 5.52. The third kappa shape index (κ3) is 3.37. The summed E-state index contributed by atoms with van der Waals surface area (Å²) >= 11 is 0. The Morgan fingerprint density at radius 2 is 1.70 bits per heavy atom. The van der Waals surface area contributed by atoms with Gasteiger partial charge in [0, 0.05) is 0 Å². The van der Waals surface area contributed by atoms with Gasteiger partial charge < -0.3 is 4.74 Å². The first-order chi connectivity index (χ1) is 11.0. The lowest BCUT2D eigenvalue weighted by molar-refractivity contribution is 0.234. The SMILES string of the molecule is O=S(=O)(c1ccc(COc2ccc3c(c2)CCC3)cc1)C(F)F. The van der Waals surface area contributed by atoms with Gasteiger partial charge in [-0.25, -0.2) is 8.42 Å². The van der Waals surface area contributed by atoms with Crippen LogP contribution >= 0.6 is 0 Å². The van der Waals surface area contributed by atoms with Crippen molar-refractivity contribution >= 4 is 9.84 Å². The quantitative estimate of drug-likeness (QED) is 0.834. The molecule has 6 heteroatoms. The fraction of sp³-hybridized carbons (Fsp3) is 0.294. The van der Waals surface area contributed by atoms with Crippen LogP contribution in [0.3, 0.4) is 0 Å². The van der Waals surface area contributed by atoms with Crippen LogP contribution in [0.25, 0.3) is 0 Å². The van der Waals surface area contributed by atoms with Gasteiger partial charge in [0.1, 0.15) is 12.4 Å². The van der Waals surface area contributed by atoms with E-state index < -0.39 is 15.6 Å². The minimum absolute atomic E-state index is 0.258. The van der Waals surface area contributed by atoms with Crippen molar-refractivity contribution in [2.24, 2.45) is 0 Å². The Morgan fingerprint density at radius 1 is 1.00 bits per heavy atom. The second kappa shape index (κ2) is 6.28. The summed E-state index contributed by atoms with van der Waals surface area (Å²) in [6.45, 7) is 0.258. The molecule has 0 saturated carbocycles. The lowest BCUT2D eigenvalue weighted by Gasteiger charge is -2.09. The van der Waals surface area contributed by atoms with E-state index in [1.165, 1.54) is 41.8 Å². The number of sulfone groups is 1. The highest BCUT2D eigenvalue weighted by Crippen LogP contribution is 2.26. The standard InChI is InChI=1S/C17H16F2O3S/c18-17(19)23(20,21)16-8-4-12(5-9-16)11-22-15-7-6-13-2-1-3-14(13)10-15/h4-10,17H,1-3,11H2. The first-order valence-electron chi connectivity index (χ1n) is 7.32. The maximum atomic E-state index is 12.5. The summed E-state index contributed by atoms with van der Waals surface area (Å²) in [6.07, 6.45) is 3.33. The molecule has 3 rings (SSSR count). The Morgan fingerprint density at radius 3 is 2.39 bits per heavy atom. The number of rotatable bonds is 5. The van der Waals surface area contributed by atoms with Crippen LogP contribution < -0.4 is 4.74 Å². The minimum atomic E-state index is -4.54. The van der Waals surface area contributed by atoms with Crippen molar-refractivity contribution in [3.8, 4) is 5.75 Å². The van der Waals surface area contributed by atoms with Crippen LogP contribution in [0, 0.1) is 0 Å². The Kier molecular flexibility index (Phi) is 4.35. The molecule has 2 aromatic rings. The van der Waals surface area contributed by atoms with Gasteiger partial charge in [-0.2, -0.15) is 8.78 Å². The number of hydrogen-bond acceptors (Lipinski definition) is 3. The van der Waals surface area contributed by atoms with Gasteiger partial charge >= 0.3 is 5.76 Å². The third-order valence-corrected chi connectivity index (χ3v) is 5.36. The molecule has 2 aromatic carbocycles. The zero-order valence-corrected chi connectivity index (χ0v) is 13.2. The van der Waals surface area contributed by atoms with Gasteiger partial charge in [0.25, 0.3) is 0 Å². The number of fused-ring (bicyclic) bond motifs is 1. The zero-order valence-electron chi connectivity index (χ0n) is 12.3. The molecule has 0 fully saturated rings. The molecule has 3 nitrogen and oxygen atoms in total. The highest BCUT2D eigenvalue weighted by Gasteiger charge is 2.26. The molecule has 0 N–H and O–H groups in total. The van der Waals surface area contributed by atoms with E-state index in [2.05, 4.69) is 6.07 Å². The van der Waals surface area contributed by atoms with E-state index in [1.807, 2.05) is 12.1 Å². The molecule has 0 saturated heterocycles. The molecule has 0 aromatic heterocycles. The summed E-state index contributed by atoms with van der Waals surface area (Å²) in [5.74, 6) is -2.65. The Hall–Kier alpha value is -1.95. The predicted octanol–water partition coefficient (Wildman–Crippen LogP) is 3.75. The van der Waals surface area contributed by atoms with Crippen molar-refractivity contribution in [3.05, 3.63) is 59.2 Å². The van der Waals surface area contributed by atoms with Crippen molar-refractivity contribution in [2.45, 2.75) is 36.5 Å². The van der Waals surface area contributed by atoms with E-state index in [9.17, 15) is 17.2 Å². The fourth-order valence-electron chi connectivity index (χ4n) is 2.68. The number of aryl methyl sites for hydroxylation is 2. The molecule has 0 aliphatic heterocycles. The zero-order chi connectivity index (χ0) is 16.4. The molecular weight excluding hydrogens is 322 g/mol. The van der Waals surface area contributed by atoms with Gasteiger partial charge in [0.2, 0.25) is 9.84 Å². The minimum Gasteiger partial charge on any atom is -0.489 e. The van der Waals surface area contributed by atoms with E-state index in [-0.39, 0.29) is 11.5 Å². The van der Waals surface area contributed by atoms with Crippen LogP contribution in [0.15, 0.2) is 47.4 Å². The molecule has 0 atom stereocenters. The highest BCUT2D eigenvalue weighted by atomic mass is 32.2. The average Bonchev–Trinajstić information content (AvgIpc) is 3.00. The highest BCUT2D eigenvalue weighted by molar-refractivity contribution is 7.91. The number of alkyl halides is 2. The number of benzene rings is 2. The number of hydrogen-bond donors (Lipinski definition) is 0. The third-order valence-electron chi connectivity index (χ3n) is 3.96. The molecule has 0 amide bonds. The molecule has 0 radical (unpaired) electrons. The second-order valence-corrected chi connectivity index (χ2v) is 7.44. The summed E-state index contributed by atoms with van der Waals surface area (Å²) in [6, 6.07) is 11.4. The summed E-state index contributed by atoms with van der Waals surface area (Å²) < 4.78 is 53.3. The molecule has 23 heavy (non-hydrogen) atoms. The van der Waals surface area contributed by atoms with Crippen LogP contribution in [-0.4, -0.2) is 14.2 Å². The van der Waals surface area contributed by atoms with Crippen molar-refractivity contribution in [3.63, 3.8) is 0 Å². The van der Waals surface area contributed by atoms with Crippen LogP contribution in [0.5, 0.6) is 5.75 Å². The maximum absolute atomic E-state index is 12.5. The van der Waals surface area contributed by atoms with Crippen molar-refractivity contribution < 1.29 is 21.9 Å². The topological polar surface area (TPSA) is 43.4 Å². The van der Waals surface area contributed by atoms with E-state index >= 15 is 0 Å². The van der Waals surface area contributed by atoms with E-state index in [0.29, 0.717) is 0 Å². The van der Waals surface area contributed by atoms with E-state index in [1.54, 1.807) is 0 Å². The van der Waals surface area contributed by atoms with Gasteiger partial charge in [-0.3, -0.25) is 0 Å². The van der Waals surface area contributed by atoms with E-state index in [0.717, 1.165) is 24.2 Å².